The van der Waals surface area contributed by atoms with Crippen molar-refractivity contribution in [2.45, 2.75) is 27.7 Å². The zero-order valence-electron chi connectivity index (χ0n) is 18.7. The number of hydrogen-bond acceptors (Lipinski definition) is 4. The topological polar surface area (TPSA) is 51.6 Å². The Kier molecular flexibility index (Phi) is 4.98. The number of rotatable bonds is 0. The van der Waals surface area contributed by atoms with Crippen LogP contribution >= 0.6 is 0 Å². The zero-order chi connectivity index (χ0) is 22.2. The summed E-state index contributed by atoms with van der Waals surface area (Å²) in [5.74, 6) is 0. The molecular formula is C28H24N4. The van der Waals surface area contributed by atoms with E-state index in [2.05, 4.69) is 71.9 Å². The minimum Gasteiger partial charge on any atom is -0.254 e. The summed E-state index contributed by atoms with van der Waals surface area (Å²) in [4.78, 5) is 17.8. The molecule has 0 N–H and O–H groups in total. The molecule has 4 nitrogen and oxygen atoms in total. The molecule has 6 aromatic rings. The lowest BCUT2D eigenvalue weighted by Crippen LogP contribution is -1.91. The van der Waals surface area contributed by atoms with Gasteiger partial charge in [0.25, 0.3) is 0 Å². The molecule has 0 amide bonds. The molecule has 0 bridgehead atoms. The van der Waals surface area contributed by atoms with Gasteiger partial charge < -0.3 is 0 Å². The summed E-state index contributed by atoms with van der Waals surface area (Å²) in [6.45, 7) is 8.58. The summed E-state index contributed by atoms with van der Waals surface area (Å²) in [5.41, 5.74) is 9.18. The SMILES string of the molecule is Cc1c(C)c2cccnc2c2ncccc12.Cc1c(C)c2cccnc2c2ncccc12. The van der Waals surface area contributed by atoms with Gasteiger partial charge in [0.15, 0.2) is 0 Å². The molecule has 4 aromatic heterocycles. The Morgan fingerprint density at radius 1 is 0.375 bits per heavy atom. The normalized spacial score (nSPS) is 11.1. The third-order valence-corrected chi connectivity index (χ3v) is 6.42. The number of pyridine rings is 4. The lowest BCUT2D eigenvalue weighted by atomic mass is 9.99. The highest BCUT2D eigenvalue weighted by molar-refractivity contribution is 6.07. The average Bonchev–Trinajstić information content (AvgIpc) is 2.86. The van der Waals surface area contributed by atoms with Gasteiger partial charge in [-0.1, -0.05) is 24.3 Å². The van der Waals surface area contributed by atoms with Gasteiger partial charge in [-0.2, -0.15) is 0 Å². The van der Waals surface area contributed by atoms with Crippen LogP contribution in [0, 0.1) is 27.7 Å². The van der Waals surface area contributed by atoms with Crippen LogP contribution in [0.25, 0.3) is 43.6 Å². The van der Waals surface area contributed by atoms with Gasteiger partial charge in [-0.15, -0.1) is 0 Å². The number of aryl methyl sites for hydroxylation is 4. The predicted octanol–water partition coefficient (Wildman–Crippen LogP) is 6.80. The van der Waals surface area contributed by atoms with E-state index in [1.54, 1.807) is 0 Å². The standard InChI is InChI=1S/2C14H12N2/c2*1-9-10(2)12-6-4-8-16-14(12)13-11(9)5-3-7-15-13/h2*3-8H,1-2H3. The minimum absolute atomic E-state index is 1.00. The Bertz CT molecular complexity index is 1370. The summed E-state index contributed by atoms with van der Waals surface area (Å²) in [7, 11) is 0. The highest BCUT2D eigenvalue weighted by Gasteiger charge is 2.10. The largest absolute Gasteiger partial charge is 0.254 e. The van der Waals surface area contributed by atoms with E-state index < -0.39 is 0 Å². The Morgan fingerprint density at radius 3 is 0.812 bits per heavy atom. The van der Waals surface area contributed by atoms with Gasteiger partial charge in [0.05, 0.1) is 22.1 Å². The fourth-order valence-corrected chi connectivity index (χ4v) is 4.39. The predicted molar refractivity (Wildman–Crippen MR) is 133 cm³/mol. The first-order chi connectivity index (χ1) is 15.6. The third-order valence-electron chi connectivity index (χ3n) is 6.42. The van der Waals surface area contributed by atoms with Crippen LogP contribution in [0.2, 0.25) is 0 Å². The van der Waals surface area contributed by atoms with Gasteiger partial charge in [0.2, 0.25) is 0 Å². The maximum Gasteiger partial charge on any atom is 0.0967 e. The molecule has 32 heavy (non-hydrogen) atoms. The lowest BCUT2D eigenvalue weighted by molar-refractivity contribution is 1.33. The highest BCUT2D eigenvalue weighted by Crippen LogP contribution is 2.30. The van der Waals surface area contributed by atoms with E-state index in [-0.39, 0.29) is 0 Å². The van der Waals surface area contributed by atoms with Gasteiger partial charge in [-0.05, 0) is 74.2 Å². The van der Waals surface area contributed by atoms with Crippen molar-refractivity contribution in [3.63, 3.8) is 0 Å². The molecule has 0 spiro atoms. The summed E-state index contributed by atoms with van der Waals surface area (Å²) in [5, 5.41) is 4.80. The monoisotopic (exact) mass is 416 g/mol. The highest BCUT2D eigenvalue weighted by atomic mass is 14.7. The van der Waals surface area contributed by atoms with Gasteiger partial charge in [-0.25, -0.2) is 0 Å². The number of hydrogen-bond donors (Lipinski definition) is 0. The van der Waals surface area contributed by atoms with Crippen LogP contribution in [-0.4, -0.2) is 19.9 Å². The minimum atomic E-state index is 1.00. The van der Waals surface area contributed by atoms with Crippen molar-refractivity contribution in [3.05, 3.63) is 95.6 Å². The fourth-order valence-electron chi connectivity index (χ4n) is 4.39. The summed E-state index contributed by atoms with van der Waals surface area (Å²) in [6, 6.07) is 16.3. The smallest absolute Gasteiger partial charge is 0.0967 e. The van der Waals surface area contributed by atoms with Gasteiger partial charge in [-0.3, -0.25) is 19.9 Å². The van der Waals surface area contributed by atoms with E-state index in [0.29, 0.717) is 0 Å². The molecule has 0 aliphatic carbocycles. The molecule has 0 saturated heterocycles. The number of fused-ring (bicyclic) bond motifs is 6. The maximum atomic E-state index is 4.45. The number of aromatic nitrogens is 4. The van der Waals surface area contributed by atoms with Crippen LogP contribution in [0.3, 0.4) is 0 Å². The summed E-state index contributed by atoms with van der Waals surface area (Å²) >= 11 is 0. The second-order valence-electron chi connectivity index (χ2n) is 8.10. The second kappa shape index (κ2) is 7.97. The van der Waals surface area contributed by atoms with E-state index in [1.165, 1.54) is 43.8 Å². The molecule has 0 aliphatic heterocycles. The van der Waals surface area contributed by atoms with Crippen LogP contribution in [0.15, 0.2) is 73.3 Å². The summed E-state index contributed by atoms with van der Waals surface area (Å²) in [6.07, 6.45) is 7.30. The quantitative estimate of drug-likeness (QED) is 0.256. The van der Waals surface area contributed by atoms with E-state index in [0.717, 1.165) is 22.1 Å². The molecule has 0 saturated carbocycles. The van der Waals surface area contributed by atoms with E-state index in [9.17, 15) is 0 Å². The van der Waals surface area contributed by atoms with Crippen LogP contribution in [0.4, 0.5) is 0 Å². The molecule has 4 heterocycles. The van der Waals surface area contributed by atoms with Crippen molar-refractivity contribution in [1.29, 1.82) is 0 Å². The summed E-state index contributed by atoms with van der Waals surface area (Å²) < 4.78 is 0. The van der Waals surface area contributed by atoms with Crippen LogP contribution < -0.4 is 0 Å². The van der Waals surface area contributed by atoms with Crippen molar-refractivity contribution < 1.29 is 0 Å². The lowest BCUT2D eigenvalue weighted by Gasteiger charge is -2.09. The Labute approximate surface area is 187 Å². The van der Waals surface area contributed by atoms with Gasteiger partial charge in [0.1, 0.15) is 0 Å². The fraction of sp³-hybridized carbons (Fsp3) is 0.143. The molecular weight excluding hydrogens is 392 g/mol. The molecule has 0 unspecified atom stereocenters. The first kappa shape index (κ1) is 20.0. The maximum absolute atomic E-state index is 4.45. The number of benzene rings is 2. The van der Waals surface area contributed by atoms with Crippen LogP contribution in [0.1, 0.15) is 22.3 Å². The van der Waals surface area contributed by atoms with Crippen molar-refractivity contribution in [1.82, 2.24) is 19.9 Å². The molecule has 156 valence electrons. The Hall–Kier alpha value is -3.92. The molecule has 0 atom stereocenters. The molecule has 6 rings (SSSR count). The zero-order valence-corrected chi connectivity index (χ0v) is 18.7. The Morgan fingerprint density at radius 2 is 0.594 bits per heavy atom. The molecule has 4 heteroatoms. The van der Waals surface area contributed by atoms with E-state index in [4.69, 9.17) is 0 Å². The van der Waals surface area contributed by atoms with Crippen LogP contribution in [0.5, 0.6) is 0 Å². The second-order valence-corrected chi connectivity index (χ2v) is 8.10. The van der Waals surface area contributed by atoms with Crippen molar-refractivity contribution in [3.8, 4) is 0 Å². The number of nitrogens with zero attached hydrogens (tertiary/aromatic N) is 4. The first-order valence-corrected chi connectivity index (χ1v) is 10.7. The van der Waals surface area contributed by atoms with E-state index >= 15 is 0 Å². The van der Waals surface area contributed by atoms with Crippen molar-refractivity contribution in [2.24, 2.45) is 0 Å². The van der Waals surface area contributed by atoms with Crippen molar-refractivity contribution >= 4 is 43.6 Å². The van der Waals surface area contributed by atoms with Crippen LogP contribution in [-0.2, 0) is 0 Å². The van der Waals surface area contributed by atoms with Crippen molar-refractivity contribution in [2.75, 3.05) is 0 Å². The molecule has 0 fully saturated rings. The van der Waals surface area contributed by atoms with Gasteiger partial charge in [0, 0.05) is 46.3 Å². The average molecular weight is 417 g/mol. The molecule has 0 aliphatic rings. The van der Waals surface area contributed by atoms with Gasteiger partial charge >= 0.3 is 0 Å². The third kappa shape index (κ3) is 3.16. The first-order valence-electron chi connectivity index (χ1n) is 10.7. The molecule has 2 aromatic carbocycles. The molecule has 0 radical (unpaired) electrons. The van der Waals surface area contributed by atoms with E-state index in [1.807, 2.05) is 49.1 Å². The Balaban J connectivity index is 0.000000135.